The lowest BCUT2D eigenvalue weighted by molar-refractivity contribution is 0.702. The van der Waals surface area contributed by atoms with Gasteiger partial charge in [-0.1, -0.05) is 0 Å². The van der Waals surface area contributed by atoms with Gasteiger partial charge in [-0.05, 0) is 26.7 Å². The van der Waals surface area contributed by atoms with Crippen LogP contribution >= 0.6 is 0 Å². The van der Waals surface area contributed by atoms with Crippen LogP contribution in [0.15, 0.2) is 4.99 Å². The third kappa shape index (κ3) is 3.23. The van der Waals surface area contributed by atoms with Gasteiger partial charge in [-0.25, -0.2) is 10.8 Å². The molecule has 0 radical (unpaired) electrons. The van der Waals surface area contributed by atoms with Crippen LogP contribution in [-0.2, 0) is 0 Å². The Morgan fingerprint density at radius 3 is 2.55 bits per heavy atom. The molecule has 1 aliphatic carbocycles. The molecule has 0 amide bonds. The molecule has 0 aromatic carbocycles. The largest absolute Gasteiger partial charge is 0.353 e. The van der Waals surface area contributed by atoms with Crippen LogP contribution in [0.5, 0.6) is 0 Å². The minimum absolute atomic E-state index is 0.378. The van der Waals surface area contributed by atoms with E-state index in [9.17, 15) is 0 Å². The van der Waals surface area contributed by atoms with E-state index in [1.807, 2.05) is 0 Å². The molecule has 1 rings (SSSR count). The van der Waals surface area contributed by atoms with E-state index in [1.54, 1.807) is 0 Å². The topological polar surface area (TPSA) is 62.4 Å². The van der Waals surface area contributed by atoms with Crippen molar-refractivity contribution in [1.29, 1.82) is 0 Å². The van der Waals surface area contributed by atoms with Gasteiger partial charge in [-0.3, -0.25) is 5.43 Å². The summed E-state index contributed by atoms with van der Waals surface area (Å²) in [6, 6.07) is 0.885. The van der Waals surface area contributed by atoms with E-state index in [2.05, 4.69) is 29.6 Å². The molecule has 11 heavy (non-hydrogen) atoms. The quantitative estimate of drug-likeness (QED) is 0.228. The number of hydrazine groups is 1. The number of nitrogens with two attached hydrogens (primary N) is 1. The predicted octanol–water partition coefficient (Wildman–Crippen LogP) is -0.0339. The van der Waals surface area contributed by atoms with Crippen LogP contribution in [0, 0.1) is 0 Å². The normalized spacial score (nSPS) is 18.7. The summed E-state index contributed by atoms with van der Waals surface area (Å²) < 4.78 is 0. The molecule has 4 nitrogen and oxygen atoms in total. The van der Waals surface area contributed by atoms with Crippen LogP contribution in [0.3, 0.4) is 0 Å². The Bertz CT molecular complexity index is 149. The summed E-state index contributed by atoms with van der Waals surface area (Å²) in [6.45, 7) is 4.11. The number of nitrogens with one attached hydrogen (secondary N) is 2. The molecule has 4 heteroatoms. The molecule has 0 saturated heterocycles. The van der Waals surface area contributed by atoms with Crippen molar-refractivity contribution >= 4 is 5.96 Å². The third-order valence-electron chi connectivity index (χ3n) is 1.42. The average Bonchev–Trinajstić information content (AvgIpc) is 2.69. The van der Waals surface area contributed by atoms with E-state index >= 15 is 0 Å². The number of rotatable bonds is 2. The van der Waals surface area contributed by atoms with E-state index in [1.165, 1.54) is 12.8 Å². The molecule has 0 aliphatic heterocycles. The maximum Gasteiger partial charge on any atom is 0.206 e. The highest BCUT2D eigenvalue weighted by atomic mass is 15.3. The van der Waals surface area contributed by atoms with Gasteiger partial charge in [0.15, 0.2) is 0 Å². The van der Waals surface area contributed by atoms with Crippen molar-refractivity contribution in [2.45, 2.75) is 38.8 Å². The predicted molar refractivity (Wildman–Crippen MR) is 46.1 cm³/mol. The highest BCUT2D eigenvalue weighted by Crippen LogP contribution is 2.23. The number of hydrogen-bond acceptors (Lipinski definition) is 2. The smallest absolute Gasteiger partial charge is 0.206 e. The van der Waals surface area contributed by atoms with Crippen LogP contribution in [0.4, 0.5) is 0 Å². The number of aliphatic imine (C=N–C) groups is 1. The van der Waals surface area contributed by atoms with E-state index in [-0.39, 0.29) is 0 Å². The summed E-state index contributed by atoms with van der Waals surface area (Å²) in [4.78, 5) is 4.32. The molecule has 0 aromatic heterocycles. The molecular formula is C7H16N4. The van der Waals surface area contributed by atoms with Crippen molar-refractivity contribution in [1.82, 2.24) is 10.7 Å². The number of nitrogens with zero attached hydrogens (tertiary/aromatic N) is 1. The van der Waals surface area contributed by atoms with Crippen LogP contribution in [0.25, 0.3) is 0 Å². The maximum absolute atomic E-state index is 5.25. The summed E-state index contributed by atoms with van der Waals surface area (Å²) in [5.41, 5.74) is 2.54. The average molecular weight is 156 g/mol. The summed E-state index contributed by atoms with van der Waals surface area (Å²) in [7, 11) is 0. The molecule has 1 fully saturated rings. The van der Waals surface area contributed by atoms with Gasteiger partial charge in [0.05, 0.1) is 6.04 Å². The lowest BCUT2D eigenvalue weighted by Gasteiger charge is -2.11. The first-order valence-corrected chi connectivity index (χ1v) is 4.03. The molecule has 0 spiro atoms. The van der Waals surface area contributed by atoms with Crippen molar-refractivity contribution in [2.24, 2.45) is 10.8 Å². The molecule has 0 bridgehead atoms. The Hall–Kier alpha value is -0.770. The molecule has 4 N–H and O–H groups in total. The third-order valence-corrected chi connectivity index (χ3v) is 1.42. The molecule has 64 valence electrons. The van der Waals surface area contributed by atoms with Crippen molar-refractivity contribution in [2.75, 3.05) is 0 Å². The second-order valence-corrected chi connectivity index (χ2v) is 3.15. The first kappa shape index (κ1) is 8.33. The minimum Gasteiger partial charge on any atom is -0.353 e. The highest BCUT2D eigenvalue weighted by Gasteiger charge is 2.20. The standard InChI is InChI=1S/C7H16N4/c1-5(2)9-7(11-8)10-6-3-4-6/h5-6H,3-4,8H2,1-2H3,(H2,9,10,11). The molecule has 1 aliphatic rings. The monoisotopic (exact) mass is 156 g/mol. The molecule has 0 aromatic rings. The lowest BCUT2D eigenvalue weighted by atomic mass is 10.4. The van der Waals surface area contributed by atoms with Crippen molar-refractivity contribution in [3.05, 3.63) is 0 Å². The van der Waals surface area contributed by atoms with Gasteiger partial charge in [0, 0.05) is 6.04 Å². The van der Waals surface area contributed by atoms with Gasteiger partial charge in [0.2, 0.25) is 5.96 Å². The molecular weight excluding hydrogens is 140 g/mol. The van der Waals surface area contributed by atoms with Gasteiger partial charge in [-0.2, -0.15) is 0 Å². The van der Waals surface area contributed by atoms with Crippen LogP contribution in [0.2, 0.25) is 0 Å². The summed E-state index contributed by atoms with van der Waals surface area (Å²) >= 11 is 0. The Morgan fingerprint density at radius 1 is 1.55 bits per heavy atom. The number of hydrogen-bond donors (Lipinski definition) is 3. The molecule has 0 heterocycles. The summed E-state index contributed by atoms with van der Waals surface area (Å²) in [5.74, 6) is 5.96. The van der Waals surface area contributed by atoms with Crippen LogP contribution in [0.1, 0.15) is 26.7 Å². The first-order chi connectivity index (χ1) is 5.22. The van der Waals surface area contributed by atoms with Crippen LogP contribution < -0.4 is 16.6 Å². The van der Waals surface area contributed by atoms with Gasteiger partial charge >= 0.3 is 0 Å². The Balaban J connectivity index is 2.34. The second kappa shape index (κ2) is 3.57. The SMILES string of the molecule is CC(C)NC(=NC1CC1)NN. The molecule has 0 atom stereocenters. The van der Waals surface area contributed by atoms with Gasteiger partial charge in [0.25, 0.3) is 0 Å². The number of guanidine groups is 1. The zero-order valence-corrected chi connectivity index (χ0v) is 7.09. The Kier molecular flexibility index (Phi) is 2.70. The second-order valence-electron chi connectivity index (χ2n) is 3.15. The fraction of sp³-hybridized carbons (Fsp3) is 0.857. The highest BCUT2D eigenvalue weighted by molar-refractivity contribution is 5.79. The minimum atomic E-state index is 0.378. The van der Waals surface area contributed by atoms with E-state index in [0.717, 1.165) is 0 Å². The molecule has 1 saturated carbocycles. The summed E-state index contributed by atoms with van der Waals surface area (Å²) in [6.07, 6.45) is 2.40. The Labute approximate surface area is 67.2 Å². The van der Waals surface area contributed by atoms with E-state index in [0.29, 0.717) is 18.0 Å². The first-order valence-electron chi connectivity index (χ1n) is 4.03. The van der Waals surface area contributed by atoms with Gasteiger partial charge in [0.1, 0.15) is 0 Å². The summed E-state index contributed by atoms with van der Waals surface area (Å²) in [5, 5.41) is 3.11. The zero-order valence-electron chi connectivity index (χ0n) is 7.09. The fourth-order valence-electron chi connectivity index (χ4n) is 0.776. The molecule has 0 unspecified atom stereocenters. The van der Waals surface area contributed by atoms with Gasteiger partial charge in [-0.15, -0.1) is 0 Å². The van der Waals surface area contributed by atoms with Crippen molar-refractivity contribution in [3.8, 4) is 0 Å². The van der Waals surface area contributed by atoms with Crippen LogP contribution in [-0.4, -0.2) is 18.0 Å². The zero-order chi connectivity index (χ0) is 8.27. The van der Waals surface area contributed by atoms with Crippen molar-refractivity contribution in [3.63, 3.8) is 0 Å². The fourth-order valence-corrected chi connectivity index (χ4v) is 0.776. The Morgan fingerprint density at radius 2 is 2.18 bits per heavy atom. The van der Waals surface area contributed by atoms with E-state index in [4.69, 9.17) is 5.84 Å². The maximum atomic E-state index is 5.25. The van der Waals surface area contributed by atoms with E-state index < -0.39 is 0 Å². The van der Waals surface area contributed by atoms with Gasteiger partial charge < -0.3 is 5.32 Å². The lowest BCUT2D eigenvalue weighted by Crippen LogP contribution is -2.44. The van der Waals surface area contributed by atoms with Crippen molar-refractivity contribution < 1.29 is 0 Å².